The fraction of sp³-hybridized carbons (Fsp3) is 0.176. The summed E-state index contributed by atoms with van der Waals surface area (Å²) in [5, 5.41) is 25.9. The topological polar surface area (TPSA) is 127 Å². The highest BCUT2D eigenvalue weighted by Crippen LogP contribution is 2.17. The van der Waals surface area contributed by atoms with Gasteiger partial charge in [-0.05, 0) is 24.3 Å². The minimum absolute atomic E-state index is 0.118. The first-order chi connectivity index (χ1) is 12.2. The summed E-state index contributed by atoms with van der Waals surface area (Å²) in [6.07, 6.45) is 4.01. The van der Waals surface area contributed by atoms with Crippen molar-refractivity contribution in [3.8, 4) is 0 Å². The molecule has 0 aliphatic carbocycles. The molecule has 4 heterocycles. The van der Waals surface area contributed by atoms with Crippen molar-refractivity contribution in [1.29, 1.82) is 0 Å². The van der Waals surface area contributed by atoms with Crippen LogP contribution in [0.2, 0.25) is 0 Å². The molecule has 0 aromatic carbocycles. The minimum atomic E-state index is -0.118. The number of fused-ring (bicyclic) bond motifs is 2. The number of pyridine rings is 2. The second-order valence-corrected chi connectivity index (χ2v) is 5.44. The van der Waals surface area contributed by atoms with Crippen LogP contribution in [0.15, 0.2) is 48.8 Å². The van der Waals surface area contributed by atoms with Gasteiger partial charge in [0.1, 0.15) is 5.69 Å². The molecule has 6 N–H and O–H groups in total. The fourth-order valence-corrected chi connectivity index (χ4v) is 2.57. The van der Waals surface area contributed by atoms with Crippen molar-refractivity contribution in [3.63, 3.8) is 0 Å². The molecule has 25 heavy (non-hydrogen) atoms. The van der Waals surface area contributed by atoms with Crippen molar-refractivity contribution in [2.75, 3.05) is 18.1 Å². The first kappa shape index (κ1) is 16.7. The number of nitrogens with zero attached hydrogens (tertiary/aromatic N) is 4. The molecule has 0 spiro atoms. The van der Waals surface area contributed by atoms with Gasteiger partial charge in [-0.3, -0.25) is 0 Å². The molecule has 8 heteroatoms. The van der Waals surface area contributed by atoms with E-state index in [9.17, 15) is 0 Å². The van der Waals surface area contributed by atoms with E-state index in [2.05, 4.69) is 10.2 Å². The first-order valence-corrected chi connectivity index (χ1v) is 7.80. The van der Waals surface area contributed by atoms with Crippen LogP contribution in [0.1, 0.15) is 11.4 Å². The Kier molecular flexibility index (Phi) is 4.82. The number of aliphatic hydroxyl groups excluding tert-OH is 2. The monoisotopic (exact) mass is 340 g/mol. The Bertz CT molecular complexity index is 991. The lowest BCUT2D eigenvalue weighted by molar-refractivity contribution is 0.277. The van der Waals surface area contributed by atoms with Gasteiger partial charge >= 0.3 is 0 Å². The van der Waals surface area contributed by atoms with Crippen LogP contribution >= 0.6 is 0 Å². The first-order valence-electron chi connectivity index (χ1n) is 7.80. The predicted molar refractivity (Wildman–Crippen MR) is 95.9 cm³/mol. The summed E-state index contributed by atoms with van der Waals surface area (Å²) in [5.41, 5.74) is 15.8. The van der Waals surface area contributed by atoms with Crippen LogP contribution in [0.5, 0.6) is 0 Å². The van der Waals surface area contributed by atoms with Crippen LogP contribution in [0.3, 0.4) is 0 Å². The van der Waals surface area contributed by atoms with Crippen LogP contribution in [0.4, 0.5) is 11.4 Å². The van der Waals surface area contributed by atoms with Gasteiger partial charge in [0, 0.05) is 24.9 Å². The second-order valence-electron chi connectivity index (χ2n) is 5.44. The molecule has 8 nitrogen and oxygen atoms in total. The van der Waals surface area contributed by atoms with Gasteiger partial charge < -0.3 is 21.7 Å². The Labute approximate surface area is 143 Å². The Hall–Kier alpha value is -3.10. The third kappa shape index (κ3) is 3.25. The average molecular weight is 340 g/mol. The van der Waals surface area contributed by atoms with Crippen molar-refractivity contribution in [2.24, 2.45) is 0 Å². The number of nitrogens with two attached hydrogens (primary N) is 2. The van der Waals surface area contributed by atoms with Crippen molar-refractivity contribution >= 4 is 22.4 Å². The Morgan fingerprint density at radius 2 is 1.80 bits per heavy atom. The number of hydrogen-bond donors (Lipinski definition) is 4. The van der Waals surface area contributed by atoms with Crippen molar-refractivity contribution < 1.29 is 10.2 Å². The molecular weight excluding hydrogens is 320 g/mol. The van der Waals surface area contributed by atoms with Gasteiger partial charge in [0.2, 0.25) is 0 Å². The van der Waals surface area contributed by atoms with Crippen molar-refractivity contribution in [1.82, 2.24) is 19.2 Å². The molecule has 0 aliphatic heterocycles. The molecule has 130 valence electrons. The summed E-state index contributed by atoms with van der Waals surface area (Å²) in [6.45, 7) is 0.00634. The summed E-state index contributed by atoms with van der Waals surface area (Å²) >= 11 is 0. The zero-order valence-electron chi connectivity index (χ0n) is 13.6. The smallest absolute Gasteiger partial charge is 0.112 e. The van der Waals surface area contributed by atoms with E-state index in [1.807, 2.05) is 36.4 Å². The standard InChI is InChI=1S/C9H11N3O.C8H9N3O/c10-8-6-11-12-7(4-5-13)2-1-3-9(8)12;9-8-6(5-12)10-11-4-2-1-3-7(8)11/h1-3,6,13H,4-5,10H2;1-4,12H,5,9H2. The summed E-state index contributed by atoms with van der Waals surface area (Å²) in [6, 6.07) is 11.4. The van der Waals surface area contributed by atoms with Crippen LogP contribution < -0.4 is 11.5 Å². The van der Waals surface area contributed by atoms with Crippen LogP contribution in [0, 0.1) is 0 Å². The van der Waals surface area contributed by atoms with E-state index < -0.39 is 0 Å². The van der Waals surface area contributed by atoms with Gasteiger partial charge in [-0.25, -0.2) is 9.03 Å². The molecule has 0 saturated carbocycles. The molecule has 0 unspecified atom stereocenters. The number of aromatic nitrogens is 4. The fourth-order valence-electron chi connectivity index (χ4n) is 2.57. The molecule has 0 atom stereocenters. The molecule has 0 fully saturated rings. The highest BCUT2D eigenvalue weighted by atomic mass is 16.3. The van der Waals surface area contributed by atoms with Gasteiger partial charge in [-0.15, -0.1) is 0 Å². The molecule has 4 aromatic rings. The van der Waals surface area contributed by atoms with Crippen molar-refractivity contribution in [3.05, 3.63) is 60.2 Å². The van der Waals surface area contributed by atoms with Gasteiger partial charge in [0.25, 0.3) is 0 Å². The minimum Gasteiger partial charge on any atom is -0.396 e. The second kappa shape index (κ2) is 7.20. The van der Waals surface area contributed by atoms with Gasteiger partial charge in [0.05, 0.1) is 35.2 Å². The maximum absolute atomic E-state index is 8.86. The van der Waals surface area contributed by atoms with E-state index >= 15 is 0 Å². The molecular formula is C17H20N6O2. The third-order valence-corrected chi connectivity index (χ3v) is 3.82. The quantitative estimate of drug-likeness (QED) is 0.438. The lowest BCUT2D eigenvalue weighted by Gasteiger charge is -2.01. The van der Waals surface area contributed by atoms with Gasteiger partial charge in [0.15, 0.2) is 0 Å². The summed E-state index contributed by atoms with van der Waals surface area (Å²) in [5.74, 6) is 0. The van der Waals surface area contributed by atoms with E-state index in [0.717, 1.165) is 16.7 Å². The number of hydrogen-bond acceptors (Lipinski definition) is 6. The van der Waals surface area contributed by atoms with Crippen LogP contribution in [-0.4, -0.2) is 36.0 Å². The number of aliphatic hydroxyl groups is 2. The largest absolute Gasteiger partial charge is 0.396 e. The molecule has 0 saturated heterocycles. The van der Waals surface area contributed by atoms with E-state index in [1.54, 1.807) is 21.4 Å². The molecule has 0 aliphatic rings. The van der Waals surface area contributed by atoms with E-state index in [1.165, 1.54) is 0 Å². The van der Waals surface area contributed by atoms with Crippen molar-refractivity contribution in [2.45, 2.75) is 13.0 Å². The number of anilines is 2. The molecule has 0 amide bonds. The predicted octanol–water partition coefficient (Wildman–Crippen LogP) is 0.860. The summed E-state index contributed by atoms with van der Waals surface area (Å²) < 4.78 is 3.41. The molecule has 4 aromatic heterocycles. The Balaban J connectivity index is 0.000000146. The Morgan fingerprint density at radius 3 is 2.52 bits per heavy atom. The third-order valence-electron chi connectivity index (χ3n) is 3.82. The van der Waals surface area contributed by atoms with E-state index in [4.69, 9.17) is 21.7 Å². The lowest BCUT2D eigenvalue weighted by Crippen LogP contribution is -2.00. The highest BCUT2D eigenvalue weighted by Gasteiger charge is 2.06. The number of nitrogen functional groups attached to an aromatic ring is 2. The number of rotatable bonds is 3. The molecule has 4 rings (SSSR count). The lowest BCUT2D eigenvalue weighted by atomic mass is 10.2. The summed E-state index contributed by atoms with van der Waals surface area (Å²) in [4.78, 5) is 0. The van der Waals surface area contributed by atoms with E-state index in [0.29, 0.717) is 23.5 Å². The summed E-state index contributed by atoms with van der Waals surface area (Å²) in [7, 11) is 0. The SMILES string of the molecule is Nc1c(CO)nn2ccccc12.Nc1cnn2c(CCO)cccc12. The Morgan fingerprint density at radius 1 is 1.00 bits per heavy atom. The average Bonchev–Trinajstić information content (AvgIpc) is 3.18. The molecule has 0 radical (unpaired) electrons. The van der Waals surface area contributed by atoms with Crippen LogP contribution in [-0.2, 0) is 13.0 Å². The maximum Gasteiger partial charge on any atom is 0.112 e. The maximum atomic E-state index is 8.86. The van der Waals surface area contributed by atoms with E-state index in [-0.39, 0.29) is 13.2 Å². The van der Waals surface area contributed by atoms with Gasteiger partial charge in [-0.1, -0.05) is 12.1 Å². The van der Waals surface area contributed by atoms with Gasteiger partial charge in [-0.2, -0.15) is 10.2 Å². The zero-order chi connectivity index (χ0) is 17.8. The zero-order valence-corrected chi connectivity index (χ0v) is 13.6. The molecule has 0 bridgehead atoms. The normalized spacial score (nSPS) is 10.8. The highest BCUT2D eigenvalue weighted by molar-refractivity contribution is 5.71. The van der Waals surface area contributed by atoms with Crippen LogP contribution in [0.25, 0.3) is 11.0 Å².